The maximum Gasteiger partial charge on any atom is 0.251 e. The first kappa shape index (κ1) is 22.0. The maximum atomic E-state index is 12.4. The number of rotatable bonds is 7. The van der Waals surface area contributed by atoms with Crippen LogP contribution in [0.1, 0.15) is 47.8 Å². The largest absolute Gasteiger partial charge is 0.349 e. The summed E-state index contributed by atoms with van der Waals surface area (Å²) in [6.07, 6.45) is 1.21. The highest BCUT2D eigenvalue weighted by atomic mass is 32.2. The average Bonchev–Trinajstić information content (AvgIpc) is 2.58. The van der Waals surface area contributed by atoms with Gasteiger partial charge in [-0.3, -0.25) is 9.10 Å². The quantitative estimate of drug-likeness (QED) is 0.760. The summed E-state index contributed by atoms with van der Waals surface area (Å²) >= 11 is 0. The molecule has 1 atom stereocenters. The molecule has 0 aromatic heterocycles. The minimum atomic E-state index is -3.45. The molecule has 0 bridgehead atoms. The summed E-state index contributed by atoms with van der Waals surface area (Å²) in [4.78, 5) is 12.3. The molecule has 152 valence electrons. The van der Waals surface area contributed by atoms with Crippen LogP contribution in [-0.2, 0) is 16.6 Å². The van der Waals surface area contributed by atoms with Crippen molar-refractivity contribution in [3.05, 3.63) is 64.7 Å². The average molecular weight is 403 g/mol. The van der Waals surface area contributed by atoms with Crippen molar-refractivity contribution in [2.75, 3.05) is 10.6 Å². The summed E-state index contributed by atoms with van der Waals surface area (Å²) in [5.41, 5.74) is 4.05. The Morgan fingerprint density at radius 2 is 1.54 bits per heavy atom. The van der Waals surface area contributed by atoms with Crippen LogP contribution in [-0.4, -0.2) is 26.6 Å². The number of sulfonamides is 1. The van der Waals surface area contributed by atoms with Crippen LogP contribution in [0.25, 0.3) is 0 Å². The molecule has 0 fully saturated rings. The number of carbonyl (C=O) groups is 1. The van der Waals surface area contributed by atoms with Gasteiger partial charge in [0, 0.05) is 11.6 Å². The van der Waals surface area contributed by atoms with E-state index in [9.17, 15) is 13.2 Å². The molecule has 1 N–H and O–H groups in total. The molecule has 1 amide bonds. The normalized spacial score (nSPS) is 12.7. The van der Waals surface area contributed by atoms with Crippen LogP contribution in [0, 0.1) is 19.8 Å². The monoisotopic (exact) mass is 402 g/mol. The smallest absolute Gasteiger partial charge is 0.251 e. The van der Waals surface area contributed by atoms with Gasteiger partial charge in [0.25, 0.3) is 5.91 Å². The maximum absolute atomic E-state index is 12.4. The molecule has 0 heterocycles. The summed E-state index contributed by atoms with van der Waals surface area (Å²) in [6, 6.07) is 12.9. The van der Waals surface area contributed by atoms with Gasteiger partial charge in [0.05, 0.1) is 18.5 Å². The first-order valence-corrected chi connectivity index (χ1v) is 11.3. The van der Waals surface area contributed by atoms with Gasteiger partial charge in [-0.2, -0.15) is 0 Å². The Kier molecular flexibility index (Phi) is 6.88. The van der Waals surface area contributed by atoms with E-state index >= 15 is 0 Å². The minimum absolute atomic E-state index is 0.0810. The van der Waals surface area contributed by atoms with Gasteiger partial charge in [0.1, 0.15) is 0 Å². The zero-order chi connectivity index (χ0) is 21.1. The van der Waals surface area contributed by atoms with Gasteiger partial charge >= 0.3 is 0 Å². The molecule has 0 spiro atoms. The number of amides is 1. The standard InChI is InChI=1S/C22H30N2O3S/c1-15(2)18(5)23-22(25)20-9-7-19(8-10-20)14-24(28(6,26)27)21-12-16(3)11-17(4)13-21/h7-13,15,18H,14H2,1-6H3,(H,23,25)/t18-/m1/s1. The summed E-state index contributed by atoms with van der Waals surface area (Å²) in [5.74, 6) is 0.228. The fourth-order valence-corrected chi connectivity index (χ4v) is 3.75. The van der Waals surface area contributed by atoms with E-state index in [-0.39, 0.29) is 18.5 Å². The van der Waals surface area contributed by atoms with Gasteiger partial charge in [0.15, 0.2) is 0 Å². The predicted molar refractivity (Wildman–Crippen MR) is 115 cm³/mol. The molecule has 2 aromatic carbocycles. The molecular formula is C22H30N2O3S. The molecule has 0 aliphatic heterocycles. The van der Waals surface area contributed by atoms with Crippen molar-refractivity contribution in [3.63, 3.8) is 0 Å². The van der Waals surface area contributed by atoms with Gasteiger partial charge < -0.3 is 5.32 Å². The van der Waals surface area contributed by atoms with E-state index in [1.807, 2.05) is 39.0 Å². The lowest BCUT2D eigenvalue weighted by Crippen LogP contribution is -2.36. The number of hydrogen-bond acceptors (Lipinski definition) is 3. The Hall–Kier alpha value is -2.34. The Morgan fingerprint density at radius 3 is 2.00 bits per heavy atom. The lowest BCUT2D eigenvalue weighted by atomic mass is 10.1. The number of carbonyl (C=O) groups excluding carboxylic acids is 1. The highest BCUT2D eigenvalue weighted by Crippen LogP contribution is 2.23. The fraction of sp³-hybridized carbons (Fsp3) is 0.409. The Labute approximate surface area is 168 Å². The second-order valence-electron chi connectivity index (χ2n) is 7.82. The van der Waals surface area contributed by atoms with Crippen molar-refractivity contribution in [2.45, 2.75) is 47.2 Å². The third kappa shape index (κ3) is 5.83. The Bertz CT molecular complexity index is 915. The molecule has 5 nitrogen and oxygen atoms in total. The molecular weight excluding hydrogens is 372 g/mol. The van der Waals surface area contributed by atoms with E-state index in [2.05, 4.69) is 19.2 Å². The lowest BCUT2D eigenvalue weighted by molar-refractivity contribution is 0.0930. The van der Waals surface area contributed by atoms with Gasteiger partial charge in [-0.25, -0.2) is 8.42 Å². The van der Waals surface area contributed by atoms with Crippen LogP contribution in [0.3, 0.4) is 0 Å². The molecule has 2 aromatic rings. The van der Waals surface area contributed by atoms with Crippen molar-refractivity contribution in [2.24, 2.45) is 5.92 Å². The number of nitrogens with one attached hydrogen (secondary N) is 1. The third-order valence-electron chi connectivity index (χ3n) is 4.80. The van der Waals surface area contributed by atoms with E-state index in [4.69, 9.17) is 0 Å². The van der Waals surface area contributed by atoms with Crippen LogP contribution < -0.4 is 9.62 Å². The van der Waals surface area contributed by atoms with Gasteiger partial charge in [0.2, 0.25) is 10.0 Å². The van der Waals surface area contributed by atoms with E-state index in [0.717, 1.165) is 16.7 Å². The van der Waals surface area contributed by atoms with Crippen LogP contribution in [0.2, 0.25) is 0 Å². The van der Waals surface area contributed by atoms with Crippen molar-refractivity contribution < 1.29 is 13.2 Å². The summed E-state index contributed by atoms with van der Waals surface area (Å²) < 4.78 is 26.2. The first-order chi connectivity index (χ1) is 13.0. The molecule has 2 rings (SSSR count). The van der Waals surface area contributed by atoms with Crippen molar-refractivity contribution in [3.8, 4) is 0 Å². The second-order valence-corrected chi connectivity index (χ2v) is 9.73. The molecule has 6 heteroatoms. The number of benzene rings is 2. The third-order valence-corrected chi connectivity index (χ3v) is 5.94. The van der Waals surface area contributed by atoms with Crippen molar-refractivity contribution >= 4 is 21.6 Å². The summed E-state index contributed by atoms with van der Waals surface area (Å²) in [5, 5.41) is 2.97. The van der Waals surface area contributed by atoms with Crippen LogP contribution in [0.5, 0.6) is 0 Å². The van der Waals surface area contributed by atoms with Crippen molar-refractivity contribution in [1.82, 2.24) is 5.32 Å². The number of aryl methyl sites for hydroxylation is 2. The number of nitrogens with zero attached hydrogens (tertiary/aromatic N) is 1. The molecule has 0 unspecified atom stereocenters. The Balaban J connectivity index is 2.23. The van der Waals surface area contributed by atoms with Crippen LogP contribution in [0.4, 0.5) is 5.69 Å². The highest BCUT2D eigenvalue weighted by molar-refractivity contribution is 7.92. The molecule has 0 saturated heterocycles. The SMILES string of the molecule is Cc1cc(C)cc(N(Cc2ccc(C(=O)N[C@H](C)C(C)C)cc2)S(C)(=O)=O)c1. The summed E-state index contributed by atoms with van der Waals surface area (Å²) in [7, 11) is -3.45. The molecule has 0 radical (unpaired) electrons. The first-order valence-electron chi connectivity index (χ1n) is 9.43. The number of hydrogen-bond donors (Lipinski definition) is 1. The molecule has 0 aliphatic carbocycles. The van der Waals surface area contributed by atoms with Crippen LogP contribution in [0.15, 0.2) is 42.5 Å². The topological polar surface area (TPSA) is 66.5 Å². The van der Waals surface area contributed by atoms with Crippen LogP contribution >= 0.6 is 0 Å². The zero-order valence-electron chi connectivity index (χ0n) is 17.5. The lowest BCUT2D eigenvalue weighted by Gasteiger charge is -2.23. The van der Waals surface area contributed by atoms with Gasteiger partial charge in [-0.05, 0) is 67.6 Å². The van der Waals surface area contributed by atoms with E-state index in [1.54, 1.807) is 24.3 Å². The second kappa shape index (κ2) is 8.78. The zero-order valence-corrected chi connectivity index (χ0v) is 18.3. The Morgan fingerprint density at radius 1 is 1.00 bits per heavy atom. The van der Waals surface area contributed by atoms with E-state index < -0.39 is 10.0 Å². The molecule has 28 heavy (non-hydrogen) atoms. The highest BCUT2D eigenvalue weighted by Gasteiger charge is 2.19. The van der Waals surface area contributed by atoms with E-state index in [0.29, 0.717) is 17.2 Å². The minimum Gasteiger partial charge on any atom is -0.349 e. The van der Waals surface area contributed by atoms with Crippen molar-refractivity contribution in [1.29, 1.82) is 0 Å². The van der Waals surface area contributed by atoms with Gasteiger partial charge in [-0.15, -0.1) is 0 Å². The molecule has 0 saturated carbocycles. The predicted octanol–water partition coefficient (Wildman–Crippen LogP) is 4.04. The summed E-state index contributed by atoms with van der Waals surface area (Å²) in [6.45, 7) is 10.2. The fourth-order valence-electron chi connectivity index (χ4n) is 2.88. The van der Waals surface area contributed by atoms with E-state index in [1.165, 1.54) is 10.6 Å². The van der Waals surface area contributed by atoms with Gasteiger partial charge in [-0.1, -0.05) is 32.0 Å². The number of anilines is 1. The molecule has 0 aliphatic rings.